The lowest BCUT2D eigenvalue weighted by Crippen LogP contribution is -2.39. The second-order valence-electron chi connectivity index (χ2n) is 4.54. The second-order valence-corrected chi connectivity index (χ2v) is 4.54. The second kappa shape index (κ2) is 4.76. The third-order valence-corrected chi connectivity index (χ3v) is 2.08. The van der Waals surface area contributed by atoms with E-state index in [0.717, 1.165) is 10.4 Å². The zero-order chi connectivity index (χ0) is 8.91. The maximum Gasteiger partial charge on any atom is 0.0808 e. The van der Waals surface area contributed by atoms with Gasteiger partial charge in [-0.1, -0.05) is 20.3 Å². The van der Waals surface area contributed by atoms with E-state index >= 15 is 0 Å². The molecule has 0 saturated heterocycles. The summed E-state index contributed by atoms with van der Waals surface area (Å²) < 4.78 is 1.11. The van der Waals surface area contributed by atoms with Crippen LogP contribution in [0.5, 0.6) is 0 Å². The zero-order valence-electron chi connectivity index (χ0n) is 8.85. The van der Waals surface area contributed by atoms with Crippen LogP contribution in [-0.4, -0.2) is 32.2 Å². The van der Waals surface area contributed by atoms with Gasteiger partial charge in [-0.25, -0.2) is 0 Å². The van der Waals surface area contributed by atoms with Crippen molar-refractivity contribution in [1.82, 2.24) is 0 Å². The summed E-state index contributed by atoms with van der Waals surface area (Å²) in [6.45, 7) is 5.90. The standard InChI is InChI=1S/C10H24N/c1-6-8-10(7-2)9-11(3,4)5/h10H,6-9H2,1-5H3/q+1. The molecule has 0 aliphatic heterocycles. The Bertz CT molecular complexity index is 91.5. The lowest BCUT2D eigenvalue weighted by atomic mass is 10.00. The highest BCUT2D eigenvalue weighted by molar-refractivity contribution is 4.54. The summed E-state index contributed by atoms with van der Waals surface area (Å²) in [4.78, 5) is 0. The van der Waals surface area contributed by atoms with Crippen LogP contribution in [-0.2, 0) is 0 Å². The minimum atomic E-state index is 0.931. The Hall–Kier alpha value is -0.0400. The monoisotopic (exact) mass is 158 g/mol. The Labute approximate surface area is 72.0 Å². The minimum Gasteiger partial charge on any atom is -0.331 e. The van der Waals surface area contributed by atoms with E-state index in [1.165, 1.54) is 25.8 Å². The highest BCUT2D eigenvalue weighted by Crippen LogP contribution is 2.13. The Morgan fingerprint density at radius 1 is 1.09 bits per heavy atom. The predicted octanol–water partition coefficient (Wildman–Crippen LogP) is 2.52. The normalized spacial score (nSPS) is 15.0. The summed E-state index contributed by atoms with van der Waals surface area (Å²) in [6.07, 6.45) is 4.06. The van der Waals surface area contributed by atoms with E-state index in [0.29, 0.717) is 0 Å². The van der Waals surface area contributed by atoms with Crippen LogP contribution in [0.2, 0.25) is 0 Å². The van der Waals surface area contributed by atoms with E-state index in [1.807, 2.05) is 0 Å². The number of nitrogens with zero attached hydrogens (tertiary/aromatic N) is 1. The van der Waals surface area contributed by atoms with Crippen molar-refractivity contribution in [2.45, 2.75) is 33.1 Å². The van der Waals surface area contributed by atoms with E-state index in [4.69, 9.17) is 0 Å². The van der Waals surface area contributed by atoms with Crippen molar-refractivity contribution >= 4 is 0 Å². The molecule has 0 aromatic rings. The van der Waals surface area contributed by atoms with Crippen molar-refractivity contribution in [3.05, 3.63) is 0 Å². The molecule has 0 aromatic heterocycles. The fourth-order valence-electron chi connectivity index (χ4n) is 1.61. The highest BCUT2D eigenvalue weighted by Gasteiger charge is 2.14. The molecule has 0 aliphatic carbocycles. The summed E-state index contributed by atoms with van der Waals surface area (Å²) in [6, 6.07) is 0. The molecule has 1 heteroatoms. The average molecular weight is 158 g/mol. The molecule has 0 amide bonds. The molecule has 1 unspecified atom stereocenters. The first-order valence-electron chi connectivity index (χ1n) is 4.80. The maximum absolute atomic E-state index is 2.30. The third-order valence-electron chi connectivity index (χ3n) is 2.08. The molecule has 0 saturated carbocycles. The van der Waals surface area contributed by atoms with Gasteiger partial charge in [0.25, 0.3) is 0 Å². The average Bonchev–Trinajstić information content (AvgIpc) is 1.84. The van der Waals surface area contributed by atoms with Crippen molar-refractivity contribution in [3.63, 3.8) is 0 Å². The smallest absolute Gasteiger partial charge is 0.0808 e. The lowest BCUT2D eigenvalue weighted by molar-refractivity contribution is -0.874. The molecule has 0 N–H and O–H groups in total. The molecule has 0 fully saturated rings. The van der Waals surface area contributed by atoms with Crippen LogP contribution in [0.3, 0.4) is 0 Å². The first kappa shape index (κ1) is 11.0. The van der Waals surface area contributed by atoms with Crippen molar-refractivity contribution in [2.24, 2.45) is 5.92 Å². The summed E-state index contributed by atoms with van der Waals surface area (Å²) in [5.74, 6) is 0.931. The SMILES string of the molecule is CCCC(CC)C[N+](C)(C)C. The van der Waals surface area contributed by atoms with Crippen molar-refractivity contribution in [2.75, 3.05) is 27.7 Å². The van der Waals surface area contributed by atoms with Crippen LogP contribution in [0.1, 0.15) is 33.1 Å². The predicted molar refractivity (Wildman–Crippen MR) is 51.6 cm³/mol. The van der Waals surface area contributed by atoms with Gasteiger partial charge in [0.05, 0.1) is 27.7 Å². The molecule has 1 nitrogen and oxygen atoms in total. The molecule has 1 atom stereocenters. The summed E-state index contributed by atoms with van der Waals surface area (Å²) in [5.41, 5.74) is 0. The summed E-state index contributed by atoms with van der Waals surface area (Å²) >= 11 is 0. The zero-order valence-corrected chi connectivity index (χ0v) is 8.85. The van der Waals surface area contributed by atoms with E-state index in [1.54, 1.807) is 0 Å². The molecule has 0 aromatic carbocycles. The molecular formula is C10H24N+. The van der Waals surface area contributed by atoms with Crippen LogP contribution >= 0.6 is 0 Å². The van der Waals surface area contributed by atoms with Crippen LogP contribution in [0.4, 0.5) is 0 Å². The van der Waals surface area contributed by atoms with E-state index in [-0.39, 0.29) is 0 Å². The fourth-order valence-corrected chi connectivity index (χ4v) is 1.61. The van der Waals surface area contributed by atoms with Gasteiger partial charge in [-0.15, -0.1) is 0 Å². The molecule has 0 heterocycles. The van der Waals surface area contributed by atoms with Crippen molar-refractivity contribution in [3.8, 4) is 0 Å². The van der Waals surface area contributed by atoms with Gasteiger partial charge in [0.1, 0.15) is 0 Å². The van der Waals surface area contributed by atoms with Gasteiger partial charge in [-0.3, -0.25) is 0 Å². The first-order chi connectivity index (χ1) is 4.99. The Balaban J connectivity index is 3.68. The van der Waals surface area contributed by atoms with Crippen LogP contribution < -0.4 is 0 Å². The number of hydrogen-bond donors (Lipinski definition) is 0. The lowest BCUT2D eigenvalue weighted by Gasteiger charge is -2.28. The quantitative estimate of drug-likeness (QED) is 0.539. The van der Waals surface area contributed by atoms with Gasteiger partial charge in [-0.05, 0) is 12.8 Å². The summed E-state index contributed by atoms with van der Waals surface area (Å²) in [7, 11) is 6.83. The third kappa shape index (κ3) is 6.36. The van der Waals surface area contributed by atoms with Gasteiger partial charge in [0, 0.05) is 5.92 Å². The molecule has 0 aliphatic rings. The first-order valence-corrected chi connectivity index (χ1v) is 4.80. The van der Waals surface area contributed by atoms with Crippen LogP contribution in [0.15, 0.2) is 0 Å². The molecule has 0 spiro atoms. The van der Waals surface area contributed by atoms with Crippen molar-refractivity contribution in [1.29, 1.82) is 0 Å². The van der Waals surface area contributed by atoms with Gasteiger partial charge >= 0.3 is 0 Å². The Morgan fingerprint density at radius 3 is 1.91 bits per heavy atom. The number of quaternary nitrogens is 1. The maximum atomic E-state index is 2.30. The fraction of sp³-hybridized carbons (Fsp3) is 1.00. The largest absolute Gasteiger partial charge is 0.331 e. The molecule has 11 heavy (non-hydrogen) atoms. The Kier molecular flexibility index (Phi) is 4.74. The van der Waals surface area contributed by atoms with Gasteiger partial charge in [-0.2, -0.15) is 0 Å². The van der Waals surface area contributed by atoms with E-state index in [2.05, 4.69) is 35.0 Å². The minimum absolute atomic E-state index is 0.931. The molecule has 0 rings (SSSR count). The van der Waals surface area contributed by atoms with E-state index < -0.39 is 0 Å². The molecule has 68 valence electrons. The van der Waals surface area contributed by atoms with Gasteiger partial charge in [0.15, 0.2) is 0 Å². The van der Waals surface area contributed by atoms with Crippen LogP contribution in [0, 0.1) is 5.92 Å². The topological polar surface area (TPSA) is 0 Å². The molecule has 0 bridgehead atoms. The number of rotatable bonds is 5. The Morgan fingerprint density at radius 2 is 1.64 bits per heavy atom. The van der Waals surface area contributed by atoms with Crippen LogP contribution in [0.25, 0.3) is 0 Å². The van der Waals surface area contributed by atoms with Crippen molar-refractivity contribution < 1.29 is 4.48 Å². The highest BCUT2D eigenvalue weighted by atomic mass is 15.3. The molecular weight excluding hydrogens is 134 g/mol. The molecule has 0 radical (unpaired) electrons. The summed E-state index contributed by atoms with van der Waals surface area (Å²) in [5, 5.41) is 0. The number of hydrogen-bond acceptors (Lipinski definition) is 0. The van der Waals surface area contributed by atoms with Gasteiger partial charge < -0.3 is 4.48 Å². The van der Waals surface area contributed by atoms with E-state index in [9.17, 15) is 0 Å². The van der Waals surface area contributed by atoms with Gasteiger partial charge in [0.2, 0.25) is 0 Å².